The molecule has 476 valence electrons. The second-order valence-electron chi connectivity index (χ2n) is 24.0. The van der Waals surface area contributed by atoms with Gasteiger partial charge >= 0.3 is 17.9 Å². The van der Waals surface area contributed by atoms with Crippen molar-refractivity contribution in [2.45, 2.75) is 187 Å². The Morgan fingerprint density at radius 2 is 1.62 bits per heavy atom. The molecule has 2 saturated heterocycles. The number of ether oxygens (including phenoxy) is 9. The highest BCUT2D eigenvalue weighted by Crippen LogP contribution is 2.39. The van der Waals surface area contributed by atoms with E-state index in [-0.39, 0.29) is 54.8 Å². The number of esters is 3. The molecule has 0 spiro atoms. The van der Waals surface area contributed by atoms with Gasteiger partial charge in [0.1, 0.15) is 36.4 Å². The molecule has 4 rings (SSSR count). The number of cyclic esters (lactones) is 1. The summed E-state index contributed by atoms with van der Waals surface area (Å²) in [7, 11) is 6.00. The molecular formula is C63H99NO19S. The highest BCUT2D eigenvalue weighted by Gasteiger charge is 2.53. The van der Waals surface area contributed by atoms with E-state index >= 15 is 0 Å². The molecule has 0 aromatic carbocycles. The van der Waals surface area contributed by atoms with Gasteiger partial charge in [-0.15, -0.1) is 11.8 Å². The van der Waals surface area contributed by atoms with Crippen molar-refractivity contribution in [1.29, 1.82) is 0 Å². The first kappa shape index (κ1) is 72.3. The first-order valence-corrected chi connectivity index (χ1v) is 31.1. The maximum Gasteiger partial charge on any atom is 0.329 e. The fourth-order valence-electron chi connectivity index (χ4n) is 11.5. The summed E-state index contributed by atoms with van der Waals surface area (Å²) in [6, 6.07) is -1.23. The number of methoxy groups -OCH3 is 4. The average Bonchev–Trinajstić information content (AvgIpc) is 2.77. The number of ketones is 3. The van der Waals surface area contributed by atoms with Gasteiger partial charge in [0, 0.05) is 71.3 Å². The number of piperidine rings is 1. The summed E-state index contributed by atoms with van der Waals surface area (Å²) in [6.45, 7) is 14.2. The number of thioether (sulfide) groups is 1. The van der Waals surface area contributed by atoms with E-state index in [1.165, 1.54) is 32.9 Å². The molecule has 2 unspecified atom stereocenters. The second-order valence-corrected chi connectivity index (χ2v) is 25.1. The number of carbonyl (C=O) groups excluding carboxylic acids is 7. The van der Waals surface area contributed by atoms with Crippen LogP contribution in [0.3, 0.4) is 0 Å². The molecule has 21 heteroatoms. The minimum absolute atomic E-state index is 0.0163. The number of aliphatic hydroxyl groups is 3. The molecule has 3 N–H and O–H groups in total. The van der Waals surface area contributed by atoms with Crippen LogP contribution in [0.1, 0.15) is 132 Å². The van der Waals surface area contributed by atoms with Gasteiger partial charge in [-0.05, 0) is 114 Å². The standard InChI is InChI=1S/C63H99NO19S/c1-39-18-14-13-15-19-40(2)51(76-10)34-47-23-21-45(7)63(74,83-47)58(70)59(71)64-25-17-16-20-48(64)60(72)81-52(35-49(66)41(3)31-44(6)56(69)57(78-12)55(68)43(5)30-39)42(4)32-46-22-24-50(53(33-46)77-11)82-61(73)62(8,37-65)38-80-54(67)36-84-29-28-79-27-26-75-9/h13-15,18-19,31,39,42-48,50-53,56-57,65,69,74H,16-17,20-30,32-38H2,1-12H3/t39-,42-,43-,44?,45-,46+,47+,48+,50-,51+,52+,53-,56-,57+,62?,63-/m1/s1. The zero-order valence-electron chi connectivity index (χ0n) is 51.9. The van der Waals surface area contributed by atoms with Gasteiger partial charge in [-0.3, -0.25) is 28.8 Å². The maximum absolute atomic E-state index is 14.7. The lowest BCUT2D eigenvalue weighted by molar-refractivity contribution is -0.265. The number of allylic oxidation sites excluding steroid dienone is 6. The van der Waals surface area contributed by atoms with Crippen LogP contribution in [0.4, 0.5) is 0 Å². The Hall–Kier alpha value is -4.16. The van der Waals surface area contributed by atoms with Gasteiger partial charge in [-0.2, -0.15) is 0 Å². The second kappa shape index (κ2) is 35.6. The van der Waals surface area contributed by atoms with Crippen molar-refractivity contribution >= 4 is 52.9 Å². The Morgan fingerprint density at radius 3 is 2.30 bits per heavy atom. The molecule has 1 saturated carbocycles. The van der Waals surface area contributed by atoms with Crippen LogP contribution in [0.5, 0.6) is 0 Å². The summed E-state index contributed by atoms with van der Waals surface area (Å²) in [4.78, 5) is 99.2. The molecule has 0 radical (unpaired) electrons. The Kier molecular flexibility index (Phi) is 30.6. The summed E-state index contributed by atoms with van der Waals surface area (Å²) in [5.74, 6) is -9.55. The lowest BCUT2D eigenvalue weighted by Crippen LogP contribution is -2.61. The number of hydrogen-bond acceptors (Lipinski definition) is 20. The van der Waals surface area contributed by atoms with Crippen LogP contribution in [0.25, 0.3) is 0 Å². The normalized spacial score (nSPS) is 32.6. The average molecular weight is 1210 g/mol. The fraction of sp³-hybridized carbons (Fsp3) is 0.762. The lowest BCUT2D eigenvalue weighted by atomic mass is 9.78. The molecular weight excluding hydrogens is 1110 g/mol. The van der Waals surface area contributed by atoms with Crippen molar-refractivity contribution < 1.29 is 91.5 Å². The van der Waals surface area contributed by atoms with Gasteiger partial charge in [-0.1, -0.05) is 71.1 Å². The lowest BCUT2D eigenvalue weighted by Gasteiger charge is -2.42. The Labute approximate surface area is 502 Å². The molecule has 2 bridgehead atoms. The van der Waals surface area contributed by atoms with Crippen LogP contribution < -0.4 is 0 Å². The number of fused-ring (bicyclic) bond motifs is 3. The summed E-state index contributed by atoms with van der Waals surface area (Å²) in [5, 5.41) is 34.0. The Balaban J connectivity index is 1.60. The van der Waals surface area contributed by atoms with E-state index in [9.17, 15) is 48.9 Å². The van der Waals surface area contributed by atoms with Crippen molar-refractivity contribution in [2.24, 2.45) is 40.9 Å². The zero-order valence-corrected chi connectivity index (χ0v) is 52.7. The molecule has 0 aromatic heterocycles. The summed E-state index contributed by atoms with van der Waals surface area (Å²) in [5.41, 5.74) is -0.449. The van der Waals surface area contributed by atoms with Crippen LogP contribution in [0.15, 0.2) is 47.6 Å². The molecule has 3 heterocycles. The topological polar surface area (TPSA) is 266 Å². The van der Waals surface area contributed by atoms with Crippen molar-refractivity contribution in [3.63, 3.8) is 0 Å². The van der Waals surface area contributed by atoms with E-state index in [1.54, 1.807) is 48.0 Å². The first-order chi connectivity index (χ1) is 39.9. The van der Waals surface area contributed by atoms with E-state index < -0.39 is 132 Å². The van der Waals surface area contributed by atoms with E-state index in [1.807, 2.05) is 51.2 Å². The molecule has 16 atom stereocenters. The summed E-state index contributed by atoms with van der Waals surface area (Å²) >= 11 is 1.31. The number of aliphatic hydroxyl groups excluding tert-OH is 2. The minimum Gasteiger partial charge on any atom is -0.464 e. The predicted molar refractivity (Wildman–Crippen MR) is 315 cm³/mol. The van der Waals surface area contributed by atoms with Gasteiger partial charge < -0.3 is 62.9 Å². The largest absolute Gasteiger partial charge is 0.464 e. The van der Waals surface area contributed by atoms with E-state index in [0.29, 0.717) is 83.4 Å². The van der Waals surface area contributed by atoms with E-state index in [2.05, 4.69) is 0 Å². The predicted octanol–water partition coefficient (Wildman–Crippen LogP) is 6.67. The molecule has 3 fully saturated rings. The number of hydrogen-bond donors (Lipinski definition) is 3. The molecule has 84 heavy (non-hydrogen) atoms. The summed E-state index contributed by atoms with van der Waals surface area (Å²) in [6.07, 6.45) is 9.31. The highest BCUT2D eigenvalue weighted by molar-refractivity contribution is 7.99. The van der Waals surface area contributed by atoms with Gasteiger partial charge in [0.2, 0.25) is 5.79 Å². The number of Topliss-reactive ketones (excluding diaryl/α,β-unsaturated/α-hetero) is 3. The van der Waals surface area contributed by atoms with Crippen LogP contribution in [-0.2, 0) is 76.2 Å². The SMILES string of the molecule is COCCOCCSCC(=O)OCC(C)(CO)C(=O)O[C@@H]1CC[C@@H](C[C@@H](C)[C@@H]2CC(=O)C(C)=CC(C)[C@@H](O)[C@@H](OC)C(=O)[C@H](C)C[C@H](C)C=CC=CC=C(C)[C@@H](OC)C[C@@H]3CC[C@@H](C)[C@@](O)(O3)C(=O)C(=O)N3CCCC[C@H]3C(=O)O2)C[C@H]1OC. The summed E-state index contributed by atoms with van der Waals surface area (Å²) < 4.78 is 51.7. The zero-order chi connectivity index (χ0) is 62.3. The molecule has 1 aliphatic carbocycles. The van der Waals surface area contributed by atoms with Crippen LogP contribution >= 0.6 is 11.8 Å². The molecule has 1 amide bonds. The van der Waals surface area contributed by atoms with Crippen LogP contribution in [0.2, 0.25) is 0 Å². The highest BCUT2D eigenvalue weighted by atomic mass is 32.2. The smallest absolute Gasteiger partial charge is 0.329 e. The monoisotopic (exact) mass is 1210 g/mol. The molecule has 0 aromatic rings. The number of amides is 1. The van der Waals surface area contributed by atoms with Crippen molar-refractivity contribution in [3.05, 3.63) is 47.6 Å². The minimum atomic E-state index is -2.49. The third-order valence-electron chi connectivity index (χ3n) is 17.1. The third kappa shape index (κ3) is 21.0. The van der Waals surface area contributed by atoms with E-state index in [0.717, 1.165) is 10.5 Å². The van der Waals surface area contributed by atoms with Gasteiger partial charge in [0.15, 0.2) is 11.6 Å². The van der Waals surface area contributed by atoms with Gasteiger partial charge in [0.25, 0.3) is 11.7 Å². The van der Waals surface area contributed by atoms with Crippen LogP contribution in [0, 0.1) is 40.9 Å². The van der Waals surface area contributed by atoms with Crippen molar-refractivity contribution in [1.82, 2.24) is 4.90 Å². The quantitative estimate of drug-likeness (QED) is 0.0527. The van der Waals surface area contributed by atoms with E-state index in [4.69, 9.17) is 42.6 Å². The molecule has 4 aliphatic rings. The number of carbonyl (C=O) groups is 7. The van der Waals surface area contributed by atoms with Gasteiger partial charge in [0.05, 0.1) is 56.6 Å². The maximum atomic E-state index is 14.7. The van der Waals surface area contributed by atoms with Crippen molar-refractivity contribution in [3.8, 4) is 0 Å². The third-order valence-corrected chi connectivity index (χ3v) is 18.0. The van der Waals surface area contributed by atoms with Crippen molar-refractivity contribution in [2.75, 3.05) is 79.5 Å². The number of rotatable bonds is 19. The Bertz CT molecular complexity index is 2290. The number of nitrogens with zero attached hydrogens (tertiary/aromatic N) is 1. The molecule has 20 nitrogen and oxygen atoms in total. The van der Waals surface area contributed by atoms with Crippen LogP contribution in [-0.4, -0.2) is 195 Å². The fourth-order valence-corrected chi connectivity index (χ4v) is 12.1. The first-order valence-electron chi connectivity index (χ1n) is 30.0. The molecule has 3 aliphatic heterocycles. The van der Waals surface area contributed by atoms with Gasteiger partial charge in [-0.25, -0.2) is 4.79 Å². The Morgan fingerprint density at radius 1 is 0.881 bits per heavy atom.